The second-order valence-electron chi connectivity index (χ2n) is 6.88. The Morgan fingerprint density at radius 2 is 1.93 bits per heavy atom. The lowest BCUT2D eigenvalue weighted by Crippen LogP contribution is -2.51. The summed E-state index contributed by atoms with van der Waals surface area (Å²) in [4.78, 5) is 30.1. The lowest BCUT2D eigenvalue weighted by molar-refractivity contribution is -0.123. The van der Waals surface area contributed by atoms with E-state index >= 15 is 0 Å². The topological polar surface area (TPSA) is 109 Å². The smallest absolute Gasteiger partial charge is 0.268 e. The molecule has 140 valence electrons. The molecule has 1 aliphatic heterocycles. The molecule has 0 bridgehead atoms. The molecule has 3 aromatic rings. The fraction of sp³-hybridized carbons (Fsp3) is 0.190. The predicted octanol–water partition coefficient (Wildman–Crippen LogP) is 2.30. The van der Waals surface area contributed by atoms with Crippen molar-refractivity contribution in [3.63, 3.8) is 0 Å². The molecule has 0 saturated carbocycles. The number of nitriles is 1. The van der Waals surface area contributed by atoms with E-state index in [1.807, 2.05) is 25.1 Å². The summed E-state index contributed by atoms with van der Waals surface area (Å²) in [7, 11) is 0. The number of aromatic nitrogens is 1. The quantitative estimate of drug-likeness (QED) is 0.652. The first-order valence-electron chi connectivity index (χ1n) is 8.90. The molecule has 3 N–H and O–H groups in total. The van der Waals surface area contributed by atoms with E-state index in [1.54, 1.807) is 18.2 Å². The number of fused-ring (bicyclic) bond motifs is 1. The largest absolute Gasteiger partial charge is 0.508 e. The number of phenolic OH excluding ortho intramolecular Hbond substituents is 1. The maximum atomic E-state index is 13.3. The van der Waals surface area contributed by atoms with Gasteiger partial charge < -0.3 is 15.4 Å². The van der Waals surface area contributed by atoms with Gasteiger partial charge in [0.05, 0.1) is 17.1 Å². The lowest BCUT2D eigenvalue weighted by Gasteiger charge is -2.33. The third-order valence-electron chi connectivity index (χ3n) is 4.94. The third-order valence-corrected chi connectivity index (χ3v) is 4.94. The molecule has 2 heterocycles. The van der Waals surface area contributed by atoms with Crippen LogP contribution in [0.3, 0.4) is 0 Å². The molecule has 7 nitrogen and oxygen atoms in total. The molecule has 1 amide bonds. The molecule has 1 aliphatic rings. The first kappa shape index (κ1) is 17.8. The Hall–Kier alpha value is -3.63. The van der Waals surface area contributed by atoms with E-state index in [1.165, 1.54) is 17.0 Å². The van der Waals surface area contributed by atoms with E-state index in [2.05, 4.69) is 10.3 Å². The number of anilines is 2. The van der Waals surface area contributed by atoms with E-state index in [9.17, 15) is 20.0 Å². The number of hydrogen-bond donors (Lipinski definition) is 3. The lowest BCUT2D eigenvalue weighted by atomic mass is 9.99. The molecular formula is C21H18N4O3. The van der Waals surface area contributed by atoms with Gasteiger partial charge in [-0.25, -0.2) is 0 Å². The minimum atomic E-state index is -0.543. The summed E-state index contributed by atoms with van der Waals surface area (Å²) >= 11 is 0. The number of nitrogens with zero attached hydrogens (tertiary/aromatic N) is 2. The van der Waals surface area contributed by atoms with Crippen molar-refractivity contribution in [2.75, 3.05) is 18.0 Å². The van der Waals surface area contributed by atoms with Crippen molar-refractivity contribution in [3.05, 3.63) is 63.9 Å². The van der Waals surface area contributed by atoms with Gasteiger partial charge in [-0.3, -0.25) is 14.5 Å². The summed E-state index contributed by atoms with van der Waals surface area (Å²) in [5, 5.41) is 23.0. The van der Waals surface area contributed by atoms with Crippen molar-refractivity contribution in [3.8, 4) is 11.8 Å². The van der Waals surface area contributed by atoms with Crippen LogP contribution in [0.1, 0.15) is 11.1 Å². The minimum absolute atomic E-state index is 0.0633. The van der Waals surface area contributed by atoms with Crippen LogP contribution < -0.4 is 15.8 Å². The average Bonchev–Trinajstić information content (AvgIpc) is 2.61. The molecule has 1 aromatic heterocycles. The van der Waals surface area contributed by atoms with Gasteiger partial charge in [-0.2, -0.15) is 5.26 Å². The van der Waals surface area contributed by atoms with Crippen LogP contribution in [0, 0.1) is 24.2 Å². The number of phenols is 1. The van der Waals surface area contributed by atoms with Crippen LogP contribution >= 0.6 is 0 Å². The zero-order valence-electron chi connectivity index (χ0n) is 15.2. The van der Waals surface area contributed by atoms with Crippen LogP contribution in [0.4, 0.5) is 11.4 Å². The third kappa shape index (κ3) is 2.90. The first-order chi connectivity index (χ1) is 13.5. The number of aromatic hydroxyl groups is 1. The van der Waals surface area contributed by atoms with Crippen molar-refractivity contribution in [2.45, 2.75) is 6.92 Å². The highest BCUT2D eigenvalue weighted by atomic mass is 16.3. The molecule has 28 heavy (non-hydrogen) atoms. The van der Waals surface area contributed by atoms with Gasteiger partial charge in [-0.15, -0.1) is 0 Å². The Bertz CT molecular complexity index is 1170. The monoisotopic (exact) mass is 374 g/mol. The summed E-state index contributed by atoms with van der Waals surface area (Å²) in [6.07, 6.45) is 0. The van der Waals surface area contributed by atoms with Crippen LogP contribution in [0.2, 0.25) is 0 Å². The van der Waals surface area contributed by atoms with Gasteiger partial charge >= 0.3 is 0 Å². The number of H-pyrrole nitrogens is 1. The van der Waals surface area contributed by atoms with Crippen molar-refractivity contribution in [1.29, 1.82) is 5.26 Å². The predicted molar refractivity (Wildman–Crippen MR) is 106 cm³/mol. The molecule has 4 rings (SSSR count). The number of carbonyl (C=O) groups is 1. The van der Waals surface area contributed by atoms with Crippen LogP contribution in [0.15, 0.2) is 47.3 Å². The molecule has 0 unspecified atom stereocenters. The first-order valence-corrected chi connectivity index (χ1v) is 8.90. The zero-order valence-corrected chi connectivity index (χ0v) is 15.2. The van der Waals surface area contributed by atoms with Crippen LogP contribution in [0.5, 0.6) is 5.75 Å². The number of rotatable bonds is 3. The summed E-state index contributed by atoms with van der Waals surface area (Å²) in [6, 6.07) is 13.6. The van der Waals surface area contributed by atoms with Crippen LogP contribution in [-0.2, 0) is 4.79 Å². The molecule has 0 spiro atoms. The number of pyridine rings is 1. The van der Waals surface area contributed by atoms with E-state index in [0.717, 1.165) is 5.56 Å². The normalized spacial score (nSPS) is 13.7. The minimum Gasteiger partial charge on any atom is -0.508 e. The molecule has 0 aliphatic carbocycles. The van der Waals surface area contributed by atoms with Gasteiger partial charge in [0, 0.05) is 24.2 Å². The fourth-order valence-electron chi connectivity index (χ4n) is 3.35. The van der Waals surface area contributed by atoms with E-state index < -0.39 is 5.56 Å². The molecule has 1 saturated heterocycles. The Morgan fingerprint density at radius 3 is 2.54 bits per heavy atom. The van der Waals surface area contributed by atoms with Gasteiger partial charge in [-0.1, -0.05) is 12.1 Å². The van der Waals surface area contributed by atoms with E-state index in [0.29, 0.717) is 29.7 Å². The van der Waals surface area contributed by atoms with Gasteiger partial charge in [-0.05, 0) is 42.8 Å². The van der Waals surface area contributed by atoms with E-state index in [4.69, 9.17) is 0 Å². The van der Waals surface area contributed by atoms with Gasteiger partial charge in [0.1, 0.15) is 17.4 Å². The summed E-state index contributed by atoms with van der Waals surface area (Å²) in [6.45, 7) is 2.98. The number of aromatic amines is 1. The maximum absolute atomic E-state index is 13.3. The van der Waals surface area contributed by atoms with Gasteiger partial charge in [0.2, 0.25) is 5.91 Å². The number of hydrogen-bond acceptors (Lipinski definition) is 5. The van der Waals surface area contributed by atoms with Crippen molar-refractivity contribution in [2.24, 2.45) is 5.92 Å². The highest BCUT2D eigenvalue weighted by Crippen LogP contribution is 2.35. The molecule has 2 aromatic carbocycles. The summed E-state index contributed by atoms with van der Waals surface area (Å²) in [5.41, 5.74) is 1.60. The zero-order chi connectivity index (χ0) is 19.8. The number of amides is 1. The Kier molecular flexibility index (Phi) is 4.34. The number of benzene rings is 2. The maximum Gasteiger partial charge on any atom is 0.268 e. The second-order valence-corrected chi connectivity index (χ2v) is 6.88. The summed E-state index contributed by atoms with van der Waals surface area (Å²) < 4.78 is 0. The van der Waals surface area contributed by atoms with Crippen molar-refractivity contribution >= 4 is 28.2 Å². The van der Waals surface area contributed by atoms with Crippen molar-refractivity contribution in [1.82, 2.24) is 10.3 Å². The molecular weight excluding hydrogens is 356 g/mol. The Balaban J connectivity index is 2.04. The standard InChI is InChI=1S/C21H18N4O3/c1-12-2-7-16-18(8-12)24-20(27)17(9-22)19(16)25(21(28)13-10-23-11-13)14-3-5-15(26)6-4-14/h2-8,13,23,26H,10-11H2,1H3,(H,24,27). The molecule has 0 atom stereocenters. The van der Waals surface area contributed by atoms with Gasteiger partial charge in [0.15, 0.2) is 0 Å². The second kappa shape index (κ2) is 6.83. The highest BCUT2D eigenvalue weighted by Gasteiger charge is 2.33. The number of nitrogens with one attached hydrogen (secondary N) is 2. The Morgan fingerprint density at radius 1 is 1.21 bits per heavy atom. The fourth-order valence-corrected chi connectivity index (χ4v) is 3.35. The van der Waals surface area contributed by atoms with E-state index in [-0.39, 0.29) is 28.8 Å². The van der Waals surface area contributed by atoms with Crippen LogP contribution in [0.25, 0.3) is 10.9 Å². The summed E-state index contributed by atoms with van der Waals surface area (Å²) in [5.74, 6) is -0.387. The molecule has 1 fully saturated rings. The molecule has 7 heteroatoms. The van der Waals surface area contributed by atoms with Gasteiger partial charge in [0.25, 0.3) is 5.56 Å². The highest BCUT2D eigenvalue weighted by molar-refractivity contribution is 6.10. The number of aryl methyl sites for hydroxylation is 1. The van der Waals surface area contributed by atoms with Crippen LogP contribution in [-0.4, -0.2) is 29.1 Å². The molecule has 0 radical (unpaired) electrons. The number of carbonyl (C=O) groups excluding carboxylic acids is 1. The Labute approximate surface area is 160 Å². The average molecular weight is 374 g/mol. The SMILES string of the molecule is Cc1ccc2c(N(C(=O)C3CNC3)c3ccc(O)cc3)c(C#N)c(=O)[nH]c2c1. The van der Waals surface area contributed by atoms with Crippen molar-refractivity contribution < 1.29 is 9.90 Å².